The maximum absolute atomic E-state index is 5.64. The van der Waals surface area contributed by atoms with E-state index in [1.165, 1.54) is 82.9 Å². The van der Waals surface area contributed by atoms with Gasteiger partial charge in [-0.2, -0.15) is 0 Å². The van der Waals surface area contributed by atoms with E-state index >= 15 is 0 Å². The van der Waals surface area contributed by atoms with Crippen molar-refractivity contribution in [1.82, 2.24) is 4.90 Å². The third-order valence-corrected chi connectivity index (χ3v) is 4.68. The molecule has 0 saturated heterocycles. The van der Waals surface area contributed by atoms with Gasteiger partial charge in [0.2, 0.25) is 0 Å². The zero-order valence-corrected chi connectivity index (χ0v) is 15.0. The summed E-state index contributed by atoms with van der Waals surface area (Å²) < 4.78 is 0. The number of hydrogen-bond acceptors (Lipinski definition) is 3. The molecule has 0 aromatic carbocycles. The summed E-state index contributed by atoms with van der Waals surface area (Å²) in [6.07, 6.45) is 18.1. The third-order valence-electron chi connectivity index (χ3n) is 4.68. The Labute approximate surface area is 138 Å². The molecule has 0 radical (unpaired) electrons. The van der Waals surface area contributed by atoms with Gasteiger partial charge in [0, 0.05) is 26.1 Å². The van der Waals surface area contributed by atoms with Crippen LogP contribution in [-0.2, 0) is 0 Å². The van der Waals surface area contributed by atoms with E-state index in [2.05, 4.69) is 16.8 Å². The van der Waals surface area contributed by atoms with Crippen molar-refractivity contribution in [2.24, 2.45) is 10.7 Å². The van der Waals surface area contributed by atoms with E-state index in [0.29, 0.717) is 0 Å². The average molecular weight is 310 g/mol. The summed E-state index contributed by atoms with van der Waals surface area (Å²) >= 11 is 0. The number of unbranched alkanes of at least 4 members (excludes halogenated alkanes) is 11. The van der Waals surface area contributed by atoms with Gasteiger partial charge in [-0.1, -0.05) is 77.6 Å². The number of amidine groups is 1. The molecule has 0 spiro atoms. The minimum atomic E-state index is 0.747. The summed E-state index contributed by atoms with van der Waals surface area (Å²) in [5.74, 6) is 1.32. The molecule has 130 valence electrons. The van der Waals surface area contributed by atoms with Crippen LogP contribution in [0.3, 0.4) is 0 Å². The number of aliphatic imine (C=N–C) groups is 1. The molecular weight excluding hydrogens is 270 g/mol. The van der Waals surface area contributed by atoms with Gasteiger partial charge in [0.15, 0.2) is 0 Å². The summed E-state index contributed by atoms with van der Waals surface area (Å²) in [5.41, 5.74) is 5.64. The molecule has 1 heterocycles. The fourth-order valence-corrected chi connectivity index (χ4v) is 3.29. The number of rotatable bonds is 15. The topological polar surface area (TPSA) is 41.6 Å². The first-order valence-corrected chi connectivity index (χ1v) is 9.86. The fourth-order valence-electron chi connectivity index (χ4n) is 3.29. The maximum Gasteiger partial charge on any atom is 0.0990 e. The molecule has 1 aliphatic rings. The lowest BCUT2D eigenvalue weighted by atomic mass is 10.0. The van der Waals surface area contributed by atoms with E-state index in [-0.39, 0.29) is 0 Å². The molecular formula is C19H39N3. The van der Waals surface area contributed by atoms with Crippen LogP contribution in [0.4, 0.5) is 0 Å². The van der Waals surface area contributed by atoms with Gasteiger partial charge in [0.1, 0.15) is 0 Å². The highest BCUT2D eigenvalue weighted by atomic mass is 15.2. The van der Waals surface area contributed by atoms with Crippen molar-refractivity contribution in [3.8, 4) is 0 Å². The standard InChI is InChI=1S/C19H39N3/c1-2-3-4-5-6-7-8-9-10-11-12-13-14-19-21-16-18-22(19)17-15-20/h2-18,20H2,1H3. The van der Waals surface area contributed by atoms with Crippen molar-refractivity contribution >= 4 is 5.84 Å². The van der Waals surface area contributed by atoms with Gasteiger partial charge in [-0.15, -0.1) is 0 Å². The summed E-state index contributed by atoms with van der Waals surface area (Å²) in [6, 6.07) is 0. The van der Waals surface area contributed by atoms with Gasteiger partial charge in [-0.3, -0.25) is 4.99 Å². The molecule has 0 amide bonds. The van der Waals surface area contributed by atoms with Gasteiger partial charge < -0.3 is 10.6 Å². The Bertz CT molecular complexity index is 276. The van der Waals surface area contributed by atoms with Gasteiger partial charge in [-0.05, 0) is 6.42 Å². The minimum absolute atomic E-state index is 0.747. The molecule has 0 saturated carbocycles. The van der Waals surface area contributed by atoms with E-state index in [0.717, 1.165) is 32.6 Å². The van der Waals surface area contributed by atoms with Crippen LogP contribution < -0.4 is 5.73 Å². The molecule has 0 bridgehead atoms. The highest BCUT2D eigenvalue weighted by Crippen LogP contribution is 2.14. The van der Waals surface area contributed by atoms with E-state index in [1.807, 2.05) is 0 Å². The second kappa shape index (κ2) is 14.0. The lowest BCUT2D eigenvalue weighted by molar-refractivity contribution is 0.455. The largest absolute Gasteiger partial charge is 0.357 e. The van der Waals surface area contributed by atoms with Gasteiger partial charge in [0.25, 0.3) is 0 Å². The Hall–Kier alpha value is -0.570. The van der Waals surface area contributed by atoms with Crippen molar-refractivity contribution in [2.45, 2.75) is 90.4 Å². The second-order valence-electron chi connectivity index (χ2n) is 6.71. The van der Waals surface area contributed by atoms with Crippen LogP contribution in [0.25, 0.3) is 0 Å². The summed E-state index contributed by atoms with van der Waals surface area (Å²) in [5, 5.41) is 0. The lowest BCUT2D eigenvalue weighted by Crippen LogP contribution is -2.32. The molecule has 1 rings (SSSR count). The highest BCUT2D eigenvalue weighted by Gasteiger charge is 2.14. The van der Waals surface area contributed by atoms with E-state index in [4.69, 9.17) is 5.73 Å². The van der Waals surface area contributed by atoms with Crippen LogP contribution >= 0.6 is 0 Å². The Morgan fingerprint density at radius 3 is 1.95 bits per heavy atom. The quantitative estimate of drug-likeness (QED) is 0.443. The normalized spacial score (nSPS) is 14.6. The Balaban J connectivity index is 1.82. The average Bonchev–Trinajstić information content (AvgIpc) is 2.96. The zero-order chi connectivity index (χ0) is 15.9. The van der Waals surface area contributed by atoms with Gasteiger partial charge in [0.05, 0.1) is 12.4 Å². The van der Waals surface area contributed by atoms with Crippen LogP contribution in [0.5, 0.6) is 0 Å². The summed E-state index contributed by atoms with van der Waals surface area (Å²) in [6.45, 7) is 6.09. The Morgan fingerprint density at radius 1 is 0.864 bits per heavy atom. The van der Waals surface area contributed by atoms with Crippen LogP contribution in [0, 0.1) is 0 Å². The van der Waals surface area contributed by atoms with Crippen LogP contribution in [-0.4, -0.2) is 36.9 Å². The molecule has 0 unspecified atom stereocenters. The molecule has 1 aliphatic heterocycles. The molecule has 3 heteroatoms. The van der Waals surface area contributed by atoms with Gasteiger partial charge >= 0.3 is 0 Å². The van der Waals surface area contributed by atoms with E-state index in [1.54, 1.807) is 0 Å². The predicted molar refractivity (Wildman–Crippen MR) is 98.6 cm³/mol. The summed E-state index contributed by atoms with van der Waals surface area (Å²) in [4.78, 5) is 6.99. The van der Waals surface area contributed by atoms with Crippen molar-refractivity contribution in [1.29, 1.82) is 0 Å². The first-order valence-electron chi connectivity index (χ1n) is 9.86. The van der Waals surface area contributed by atoms with Gasteiger partial charge in [-0.25, -0.2) is 0 Å². The minimum Gasteiger partial charge on any atom is -0.357 e. The van der Waals surface area contributed by atoms with Crippen molar-refractivity contribution in [2.75, 3.05) is 26.2 Å². The smallest absolute Gasteiger partial charge is 0.0990 e. The SMILES string of the molecule is CCCCCCCCCCCCCCC1=NCCN1CCN. The molecule has 0 aromatic heterocycles. The first-order chi connectivity index (χ1) is 10.9. The Morgan fingerprint density at radius 2 is 1.41 bits per heavy atom. The molecule has 0 fully saturated rings. The monoisotopic (exact) mass is 309 g/mol. The summed E-state index contributed by atoms with van der Waals surface area (Å²) in [7, 11) is 0. The highest BCUT2D eigenvalue weighted by molar-refractivity contribution is 5.83. The maximum atomic E-state index is 5.64. The van der Waals surface area contributed by atoms with Crippen molar-refractivity contribution in [3.05, 3.63) is 0 Å². The van der Waals surface area contributed by atoms with Crippen LogP contribution in [0.2, 0.25) is 0 Å². The number of nitrogens with two attached hydrogens (primary N) is 1. The van der Waals surface area contributed by atoms with E-state index in [9.17, 15) is 0 Å². The fraction of sp³-hybridized carbons (Fsp3) is 0.947. The first kappa shape index (κ1) is 19.5. The van der Waals surface area contributed by atoms with Crippen LogP contribution in [0.1, 0.15) is 90.4 Å². The number of hydrogen-bond donors (Lipinski definition) is 1. The molecule has 0 atom stereocenters. The lowest BCUT2D eigenvalue weighted by Gasteiger charge is -2.19. The molecule has 0 aliphatic carbocycles. The predicted octanol–water partition coefficient (Wildman–Crippen LogP) is 4.75. The van der Waals surface area contributed by atoms with Crippen molar-refractivity contribution < 1.29 is 0 Å². The molecule has 22 heavy (non-hydrogen) atoms. The number of nitrogens with zero attached hydrogens (tertiary/aromatic N) is 2. The Kier molecular flexibility index (Phi) is 12.4. The molecule has 2 N–H and O–H groups in total. The third kappa shape index (κ3) is 9.45. The molecule has 0 aromatic rings. The molecule has 3 nitrogen and oxygen atoms in total. The zero-order valence-electron chi connectivity index (χ0n) is 15.0. The van der Waals surface area contributed by atoms with Crippen LogP contribution in [0.15, 0.2) is 4.99 Å². The second-order valence-corrected chi connectivity index (χ2v) is 6.71. The van der Waals surface area contributed by atoms with Crippen molar-refractivity contribution in [3.63, 3.8) is 0 Å². The van der Waals surface area contributed by atoms with E-state index < -0.39 is 0 Å².